The summed E-state index contributed by atoms with van der Waals surface area (Å²) in [5, 5.41) is 3.00. The van der Waals surface area contributed by atoms with E-state index in [1.54, 1.807) is 19.4 Å². The van der Waals surface area contributed by atoms with Gasteiger partial charge in [-0.1, -0.05) is 31.6 Å². The van der Waals surface area contributed by atoms with Gasteiger partial charge in [0.2, 0.25) is 0 Å². The number of methoxy groups -OCH3 is 1. The van der Waals surface area contributed by atoms with Crippen molar-refractivity contribution in [1.82, 2.24) is 10.3 Å². The summed E-state index contributed by atoms with van der Waals surface area (Å²) in [5.74, 6) is -2.16. The number of aromatic nitrogens is 1. The number of epoxide rings is 2. The van der Waals surface area contributed by atoms with Crippen molar-refractivity contribution < 1.29 is 32.5 Å². The highest BCUT2D eigenvalue weighted by atomic mass is 19.3. The van der Waals surface area contributed by atoms with E-state index in [1.165, 1.54) is 10.5 Å². The molecule has 3 saturated heterocycles. The highest BCUT2D eigenvalue weighted by molar-refractivity contribution is 5.68. The molecule has 0 aromatic carbocycles. The predicted octanol–water partition coefficient (Wildman–Crippen LogP) is 5.04. The molecule has 1 saturated carbocycles. The number of amides is 1. The second-order valence-corrected chi connectivity index (χ2v) is 12.3. The first kappa shape index (κ1) is 28.2. The van der Waals surface area contributed by atoms with Gasteiger partial charge in [0.1, 0.15) is 29.2 Å². The van der Waals surface area contributed by atoms with Crippen LogP contribution in [0, 0.1) is 11.8 Å². The number of nitrogens with one attached hydrogen (secondary N) is 1. The Balaban J connectivity index is 1.24. The maximum absolute atomic E-state index is 13.2. The number of hydrogen-bond donors (Lipinski definition) is 1. The van der Waals surface area contributed by atoms with Crippen LogP contribution < -0.4 is 10.2 Å². The van der Waals surface area contributed by atoms with E-state index in [1.807, 2.05) is 19.9 Å². The van der Waals surface area contributed by atoms with Crippen LogP contribution in [0.25, 0.3) is 0 Å². The second kappa shape index (κ2) is 10.3. The normalized spacial score (nSPS) is 35.3. The van der Waals surface area contributed by atoms with Gasteiger partial charge in [-0.15, -0.1) is 0 Å². The van der Waals surface area contributed by atoms with Crippen molar-refractivity contribution in [3.8, 4) is 0 Å². The van der Waals surface area contributed by atoms with Gasteiger partial charge in [0, 0.05) is 13.3 Å². The van der Waals surface area contributed by atoms with Crippen LogP contribution >= 0.6 is 0 Å². The zero-order valence-corrected chi connectivity index (χ0v) is 23.7. The first-order valence-corrected chi connectivity index (χ1v) is 13.9. The maximum Gasteiger partial charge on any atom is 0.407 e. The molecule has 3 aliphatic heterocycles. The Bertz CT molecular complexity index is 1080. The standard InChI is InChI=1S/C29H41F2N3O5/c1-17(2)7-9-21-27(5,39-21)25-24(36-6)20(11-12-28(25)16-37-28)38-26(35)33-23(18(3)4)19-8-10-22(32-13-19)34-14-29(30,31)15-34/h7-8,10,13,18,20-21,23-25H,9,11-12,14-16H2,1-6H3,(H,33,35)/t20-,21-,23+,24-,25-,27+,28+/m1/s1. The smallest absolute Gasteiger partial charge is 0.407 e. The zero-order valence-electron chi connectivity index (χ0n) is 23.7. The van der Waals surface area contributed by atoms with Gasteiger partial charge >= 0.3 is 6.09 Å². The SMILES string of the molecule is CO[C@@H]1[C@H](OC(=O)N[C@H](c2ccc(N3CC(F)(F)C3)nc2)C(C)C)CC[C@]2(CO2)[C@H]1[C@@]1(C)O[C@@H]1CC=C(C)C. The number of nitrogens with zero attached hydrogens (tertiary/aromatic N) is 2. The fraction of sp³-hybridized carbons (Fsp3) is 0.724. The largest absolute Gasteiger partial charge is 0.443 e. The summed E-state index contributed by atoms with van der Waals surface area (Å²) in [6, 6.07) is 3.19. The number of allylic oxidation sites excluding steroid dienone is 1. The number of pyridine rings is 1. The van der Waals surface area contributed by atoms with Crippen LogP contribution in [0.2, 0.25) is 0 Å². The minimum Gasteiger partial charge on any atom is -0.443 e. The monoisotopic (exact) mass is 549 g/mol. The van der Waals surface area contributed by atoms with E-state index in [0.717, 1.165) is 18.4 Å². The topological polar surface area (TPSA) is 88.8 Å². The van der Waals surface area contributed by atoms with E-state index < -0.39 is 23.7 Å². The van der Waals surface area contributed by atoms with E-state index in [2.05, 4.69) is 37.1 Å². The van der Waals surface area contributed by atoms with Gasteiger partial charge in [0.05, 0.1) is 37.8 Å². The van der Waals surface area contributed by atoms with Crippen LogP contribution in [0.15, 0.2) is 30.0 Å². The first-order chi connectivity index (χ1) is 18.4. The maximum atomic E-state index is 13.2. The number of hydrogen-bond acceptors (Lipinski definition) is 7. The van der Waals surface area contributed by atoms with Crippen molar-refractivity contribution in [1.29, 1.82) is 0 Å². The molecule has 1 N–H and O–H groups in total. The number of halogens is 2. The molecule has 1 aromatic rings. The molecule has 4 heterocycles. The van der Waals surface area contributed by atoms with Gasteiger partial charge < -0.3 is 29.2 Å². The number of ether oxygens (including phenoxy) is 4. The second-order valence-electron chi connectivity index (χ2n) is 12.3. The Hall–Kier alpha value is -2.30. The molecule has 10 heteroatoms. The molecule has 4 aliphatic rings. The van der Waals surface area contributed by atoms with Gasteiger partial charge in [-0.2, -0.15) is 0 Å². The molecular weight excluding hydrogens is 508 g/mol. The van der Waals surface area contributed by atoms with Crippen LogP contribution in [-0.2, 0) is 18.9 Å². The fourth-order valence-electron chi connectivity index (χ4n) is 6.45. The number of alkyl carbamates (subject to hydrolysis) is 1. The summed E-state index contributed by atoms with van der Waals surface area (Å²) in [5.41, 5.74) is 1.34. The van der Waals surface area contributed by atoms with E-state index in [0.29, 0.717) is 18.8 Å². The molecular formula is C29H41F2N3O5. The minimum absolute atomic E-state index is 0.0496. The fourth-order valence-corrected chi connectivity index (χ4v) is 6.45. The molecule has 1 aromatic heterocycles. The van der Waals surface area contributed by atoms with E-state index >= 15 is 0 Å². The Labute approximate surface area is 229 Å². The molecule has 39 heavy (non-hydrogen) atoms. The third-order valence-corrected chi connectivity index (χ3v) is 8.73. The third kappa shape index (κ3) is 5.65. The number of alkyl halides is 2. The molecule has 1 amide bonds. The lowest BCUT2D eigenvalue weighted by Gasteiger charge is -2.42. The molecule has 1 aliphatic carbocycles. The first-order valence-electron chi connectivity index (χ1n) is 13.9. The Morgan fingerprint density at radius 2 is 2.03 bits per heavy atom. The van der Waals surface area contributed by atoms with Crippen molar-refractivity contribution in [3.05, 3.63) is 35.5 Å². The highest BCUT2D eigenvalue weighted by Crippen LogP contribution is 2.59. The molecule has 0 radical (unpaired) electrons. The lowest BCUT2D eigenvalue weighted by Crippen LogP contribution is -2.56. The lowest BCUT2D eigenvalue weighted by molar-refractivity contribution is -0.118. The van der Waals surface area contributed by atoms with E-state index in [9.17, 15) is 13.6 Å². The molecule has 8 nitrogen and oxygen atoms in total. The lowest BCUT2D eigenvalue weighted by atomic mass is 9.68. The van der Waals surface area contributed by atoms with Crippen molar-refractivity contribution in [2.75, 3.05) is 31.7 Å². The summed E-state index contributed by atoms with van der Waals surface area (Å²) in [7, 11) is 1.66. The number of anilines is 1. The Morgan fingerprint density at radius 3 is 2.56 bits per heavy atom. The number of rotatable bonds is 9. The van der Waals surface area contributed by atoms with E-state index in [-0.39, 0.29) is 48.8 Å². The van der Waals surface area contributed by atoms with E-state index in [4.69, 9.17) is 18.9 Å². The Kier molecular flexibility index (Phi) is 7.43. The Morgan fingerprint density at radius 1 is 1.31 bits per heavy atom. The van der Waals surface area contributed by atoms with Crippen LogP contribution in [0.3, 0.4) is 0 Å². The predicted molar refractivity (Wildman–Crippen MR) is 142 cm³/mol. The molecule has 1 spiro atoms. The van der Waals surface area contributed by atoms with Gasteiger partial charge in [-0.25, -0.2) is 18.6 Å². The summed E-state index contributed by atoms with van der Waals surface area (Å²) in [6.07, 6.45) is 4.82. The third-order valence-electron chi connectivity index (χ3n) is 8.73. The molecule has 4 fully saturated rings. The average Bonchev–Trinajstić information content (AvgIpc) is 3.77. The summed E-state index contributed by atoms with van der Waals surface area (Å²) >= 11 is 0. The average molecular weight is 550 g/mol. The zero-order chi connectivity index (χ0) is 28.2. The molecule has 0 unspecified atom stereocenters. The highest BCUT2D eigenvalue weighted by Gasteiger charge is 2.72. The van der Waals surface area contributed by atoms with Crippen molar-refractivity contribution in [2.24, 2.45) is 11.8 Å². The molecule has 0 bridgehead atoms. The summed E-state index contributed by atoms with van der Waals surface area (Å²) < 4.78 is 50.7. The molecule has 216 valence electrons. The molecule has 5 rings (SSSR count). The van der Waals surface area contributed by atoms with Crippen LogP contribution in [0.4, 0.5) is 19.4 Å². The van der Waals surface area contributed by atoms with Crippen LogP contribution in [-0.4, -0.2) is 73.3 Å². The van der Waals surface area contributed by atoms with Gasteiger partial charge in [0.15, 0.2) is 0 Å². The summed E-state index contributed by atoms with van der Waals surface area (Å²) in [4.78, 5) is 19.1. The van der Waals surface area contributed by atoms with Crippen molar-refractivity contribution in [2.45, 2.75) is 95.4 Å². The van der Waals surface area contributed by atoms with Crippen molar-refractivity contribution >= 4 is 11.9 Å². The van der Waals surface area contributed by atoms with Crippen molar-refractivity contribution in [3.63, 3.8) is 0 Å². The van der Waals surface area contributed by atoms with Crippen LogP contribution in [0.1, 0.15) is 65.5 Å². The summed E-state index contributed by atoms with van der Waals surface area (Å²) in [6.45, 7) is 10.3. The molecule has 7 atom stereocenters. The van der Waals surface area contributed by atoms with Gasteiger partial charge in [-0.05, 0) is 57.6 Å². The number of carbonyl (C=O) groups excluding carboxylic acids is 1. The van der Waals surface area contributed by atoms with Gasteiger partial charge in [0.25, 0.3) is 5.92 Å². The minimum atomic E-state index is -2.66. The quantitative estimate of drug-likeness (QED) is 0.341. The number of carbonyl (C=O) groups is 1. The van der Waals surface area contributed by atoms with Crippen LogP contribution in [0.5, 0.6) is 0 Å². The van der Waals surface area contributed by atoms with Gasteiger partial charge in [-0.3, -0.25) is 0 Å².